The number of hydrogen-bond donors (Lipinski definition) is 2. The SMILES string of the molecule is COC(=O)c1cccc(S(=O)(=O)N2CCC(NC(=O)Nc3ccc(F)cc3)CC2)c1. The summed E-state index contributed by atoms with van der Waals surface area (Å²) >= 11 is 0. The Morgan fingerprint density at radius 2 is 1.77 bits per heavy atom. The minimum absolute atomic E-state index is 0.0193. The summed E-state index contributed by atoms with van der Waals surface area (Å²) in [5.41, 5.74) is 0.618. The Labute approximate surface area is 174 Å². The Morgan fingerprint density at radius 3 is 2.40 bits per heavy atom. The molecule has 3 rings (SSSR count). The van der Waals surface area contributed by atoms with Gasteiger partial charge in [0, 0.05) is 24.8 Å². The molecular formula is C20H22FN3O5S. The Bertz CT molecular complexity index is 1020. The molecule has 10 heteroatoms. The van der Waals surface area contributed by atoms with Gasteiger partial charge in [0.2, 0.25) is 10.0 Å². The van der Waals surface area contributed by atoms with E-state index in [1.54, 1.807) is 0 Å². The molecule has 30 heavy (non-hydrogen) atoms. The number of piperidine rings is 1. The number of nitrogens with one attached hydrogen (secondary N) is 2. The second kappa shape index (κ2) is 9.23. The van der Waals surface area contributed by atoms with Gasteiger partial charge in [0.15, 0.2) is 0 Å². The van der Waals surface area contributed by atoms with Crippen LogP contribution in [0.25, 0.3) is 0 Å². The van der Waals surface area contributed by atoms with Crippen LogP contribution in [0.5, 0.6) is 0 Å². The number of ether oxygens (including phenoxy) is 1. The third-order valence-electron chi connectivity index (χ3n) is 4.78. The van der Waals surface area contributed by atoms with E-state index in [-0.39, 0.29) is 29.6 Å². The van der Waals surface area contributed by atoms with E-state index in [0.29, 0.717) is 18.5 Å². The van der Waals surface area contributed by atoms with E-state index in [0.717, 1.165) is 0 Å². The van der Waals surface area contributed by atoms with E-state index < -0.39 is 27.8 Å². The van der Waals surface area contributed by atoms with E-state index in [1.165, 1.54) is 59.9 Å². The lowest BCUT2D eigenvalue weighted by Gasteiger charge is -2.31. The monoisotopic (exact) mass is 435 g/mol. The normalized spacial score (nSPS) is 15.4. The molecule has 0 radical (unpaired) electrons. The highest BCUT2D eigenvalue weighted by Crippen LogP contribution is 2.22. The van der Waals surface area contributed by atoms with Crippen LogP contribution in [0, 0.1) is 5.82 Å². The molecule has 2 aromatic rings. The van der Waals surface area contributed by atoms with Crippen molar-refractivity contribution < 1.29 is 27.1 Å². The van der Waals surface area contributed by atoms with Crippen molar-refractivity contribution in [3.8, 4) is 0 Å². The molecule has 0 aromatic heterocycles. The number of halogens is 1. The molecule has 0 spiro atoms. The van der Waals surface area contributed by atoms with Crippen molar-refractivity contribution in [3.05, 3.63) is 59.9 Å². The first-order chi connectivity index (χ1) is 14.3. The maximum Gasteiger partial charge on any atom is 0.337 e. The number of methoxy groups -OCH3 is 1. The number of carbonyl (C=O) groups is 2. The number of hydrogen-bond acceptors (Lipinski definition) is 5. The number of amides is 2. The van der Waals surface area contributed by atoms with Crippen molar-refractivity contribution in [1.82, 2.24) is 9.62 Å². The Balaban J connectivity index is 1.57. The van der Waals surface area contributed by atoms with Gasteiger partial charge in [0.05, 0.1) is 17.6 Å². The summed E-state index contributed by atoms with van der Waals surface area (Å²) < 4.78 is 44.7. The molecule has 2 amide bonds. The van der Waals surface area contributed by atoms with Gasteiger partial charge in [-0.2, -0.15) is 4.31 Å². The summed E-state index contributed by atoms with van der Waals surface area (Å²) in [5, 5.41) is 5.41. The van der Waals surface area contributed by atoms with E-state index in [9.17, 15) is 22.4 Å². The topological polar surface area (TPSA) is 105 Å². The second-order valence-corrected chi connectivity index (χ2v) is 8.74. The quantitative estimate of drug-likeness (QED) is 0.703. The first-order valence-electron chi connectivity index (χ1n) is 9.31. The van der Waals surface area contributed by atoms with E-state index in [2.05, 4.69) is 15.4 Å². The van der Waals surface area contributed by atoms with Gasteiger partial charge in [-0.1, -0.05) is 6.07 Å². The van der Waals surface area contributed by atoms with Crippen LogP contribution in [0.3, 0.4) is 0 Å². The Morgan fingerprint density at radius 1 is 1.10 bits per heavy atom. The smallest absolute Gasteiger partial charge is 0.337 e. The lowest BCUT2D eigenvalue weighted by molar-refractivity contribution is 0.0600. The lowest BCUT2D eigenvalue weighted by atomic mass is 10.1. The van der Waals surface area contributed by atoms with Crippen molar-refractivity contribution in [1.29, 1.82) is 0 Å². The van der Waals surface area contributed by atoms with E-state index in [4.69, 9.17) is 0 Å². The van der Waals surface area contributed by atoms with Crippen LogP contribution in [0.4, 0.5) is 14.9 Å². The fraction of sp³-hybridized carbons (Fsp3) is 0.300. The van der Waals surface area contributed by atoms with Gasteiger partial charge in [-0.3, -0.25) is 0 Å². The molecule has 0 bridgehead atoms. The maximum absolute atomic E-state index is 12.9. The Kier molecular flexibility index (Phi) is 6.68. The van der Waals surface area contributed by atoms with Crippen LogP contribution in [0.1, 0.15) is 23.2 Å². The molecule has 0 aliphatic carbocycles. The number of esters is 1. The molecule has 8 nitrogen and oxygen atoms in total. The first kappa shape index (κ1) is 21.7. The van der Waals surface area contributed by atoms with Crippen LogP contribution in [0.2, 0.25) is 0 Å². The number of benzene rings is 2. The zero-order valence-corrected chi connectivity index (χ0v) is 17.1. The fourth-order valence-electron chi connectivity index (χ4n) is 3.18. The molecule has 160 valence electrons. The highest BCUT2D eigenvalue weighted by atomic mass is 32.2. The summed E-state index contributed by atoms with van der Waals surface area (Å²) in [5.74, 6) is -1.01. The summed E-state index contributed by atoms with van der Waals surface area (Å²) in [7, 11) is -2.54. The van der Waals surface area contributed by atoms with Gasteiger partial charge in [-0.15, -0.1) is 0 Å². The predicted octanol–water partition coefficient (Wildman–Crippen LogP) is 2.59. The average molecular weight is 435 g/mol. The van der Waals surface area contributed by atoms with Crippen LogP contribution in [-0.4, -0.2) is 51.0 Å². The van der Waals surface area contributed by atoms with Gasteiger partial charge in [0.1, 0.15) is 5.82 Å². The van der Waals surface area contributed by atoms with Crippen LogP contribution >= 0.6 is 0 Å². The second-order valence-electron chi connectivity index (χ2n) is 6.80. The molecule has 0 atom stereocenters. The number of anilines is 1. The summed E-state index contributed by atoms with van der Waals surface area (Å²) in [6.45, 7) is 0.457. The molecule has 1 saturated heterocycles. The van der Waals surface area contributed by atoms with Gasteiger partial charge < -0.3 is 15.4 Å². The molecule has 2 N–H and O–H groups in total. The predicted molar refractivity (Wildman–Crippen MR) is 108 cm³/mol. The standard InChI is InChI=1S/C20H22FN3O5S/c1-29-19(25)14-3-2-4-18(13-14)30(27,28)24-11-9-17(10-12-24)23-20(26)22-16-7-5-15(21)6-8-16/h2-8,13,17H,9-12H2,1H3,(H2,22,23,26). The minimum Gasteiger partial charge on any atom is -0.465 e. The van der Waals surface area contributed by atoms with Crippen molar-refractivity contribution in [2.75, 3.05) is 25.5 Å². The number of rotatable bonds is 5. The number of sulfonamides is 1. The minimum atomic E-state index is -3.77. The van der Waals surface area contributed by atoms with Crippen molar-refractivity contribution in [2.45, 2.75) is 23.8 Å². The number of carbonyl (C=O) groups excluding carboxylic acids is 2. The Hall–Kier alpha value is -2.98. The van der Waals surface area contributed by atoms with Crippen LogP contribution in [0.15, 0.2) is 53.4 Å². The summed E-state index contributed by atoms with van der Waals surface area (Å²) in [6.07, 6.45) is 0.875. The molecule has 1 fully saturated rings. The third kappa shape index (κ3) is 5.14. The molecule has 1 aliphatic rings. The van der Waals surface area contributed by atoms with Gasteiger partial charge in [-0.05, 0) is 55.3 Å². The van der Waals surface area contributed by atoms with Gasteiger partial charge in [-0.25, -0.2) is 22.4 Å². The van der Waals surface area contributed by atoms with Crippen molar-refractivity contribution >= 4 is 27.7 Å². The lowest BCUT2D eigenvalue weighted by Crippen LogP contribution is -2.47. The molecule has 1 aliphatic heterocycles. The van der Waals surface area contributed by atoms with E-state index >= 15 is 0 Å². The highest BCUT2D eigenvalue weighted by molar-refractivity contribution is 7.89. The van der Waals surface area contributed by atoms with Crippen LogP contribution in [-0.2, 0) is 14.8 Å². The molecule has 0 saturated carbocycles. The van der Waals surface area contributed by atoms with Gasteiger partial charge >= 0.3 is 12.0 Å². The molecule has 0 unspecified atom stereocenters. The maximum atomic E-state index is 12.9. The number of urea groups is 1. The molecular weight excluding hydrogens is 413 g/mol. The zero-order chi connectivity index (χ0) is 21.7. The molecule has 2 aromatic carbocycles. The molecule has 1 heterocycles. The third-order valence-corrected chi connectivity index (χ3v) is 6.68. The first-order valence-corrected chi connectivity index (χ1v) is 10.8. The zero-order valence-electron chi connectivity index (χ0n) is 16.3. The largest absolute Gasteiger partial charge is 0.465 e. The highest BCUT2D eigenvalue weighted by Gasteiger charge is 2.30. The van der Waals surface area contributed by atoms with E-state index in [1.807, 2.05) is 0 Å². The summed E-state index contributed by atoms with van der Waals surface area (Å²) in [6, 6.07) is 10.5. The van der Waals surface area contributed by atoms with Crippen molar-refractivity contribution in [3.63, 3.8) is 0 Å². The summed E-state index contributed by atoms with van der Waals surface area (Å²) in [4.78, 5) is 23.8. The average Bonchev–Trinajstić information content (AvgIpc) is 2.75. The van der Waals surface area contributed by atoms with Gasteiger partial charge in [0.25, 0.3) is 0 Å². The van der Waals surface area contributed by atoms with Crippen LogP contribution < -0.4 is 10.6 Å². The fourth-order valence-corrected chi connectivity index (χ4v) is 4.69. The van der Waals surface area contributed by atoms with Crippen molar-refractivity contribution in [2.24, 2.45) is 0 Å². The number of nitrogens with zero attached hydrogens (tertiary/aromatic N) is 1.